The van der Waals surface area contributed by atoms with Crippen LogP contribution in [0.2, 0.25) is 0 Å². The topological polar surface area (TPSA) is 35.5 Å². The maximum absolute atomic E-state index is 11.5. The molecule has 0 fully saturated rings. The van der Waals surface area contributed by atoms with Crippen molar-refractivity contribution in [2.45, 2.75) is 13.8 Å². The summed E-state index contributed by atoms with van der Waals surface area (Å²) in [5.74, 6) is 0. The monoisotopic (exact) mass is 262 g/mol. The molecule has 0 N–H and O–H groups in total. The van der Waals surface area contributed by atoms with Gasteiger partial charge in [-0.3, -0.25) is 0 Å². The van der Waals surface area contributed by atoms with Gasteiger partial charge in [0.2, 0.25) is 0 Å². The Bertz CT molecular complexity index is 205. The fourth-order valence-corrected chi connectivity index (χ4v) is 4.64. The van der Waals surface area contributed by atoms with E-state index in [1.165, 1.54) is 0 Å². The first-order chi connectivity index (χ1) is 4.62. The molecule has 0 atom stereocenters. The summed E-state index contributed by atoms with van der Waals surface area (Å²) in [5, 5.41) is 0. The quantitative estimate of drug-likeness (QED) is 0.782. The Morgan fingerprint density at radius 1 is 1.09 bits per heavy atom. The van der Waals surface area contributed by atoms with E-state index in [9.17, 15) is 3.67 Å². The first kappa shape index (κ1) is 12.2. The summed E-state index contributed by atoms with van der Waals surface area (Å²) >= 11 is 0. The van der Waals surface area contributed by atoms with Gasteiger partial charge in [0.25, 0.3) is 0 Å². The van der Waals surface area contributed by atoms with Gasteiger partial charge in [-0.05, 0) is 0 Å². The van der Waals surface area contributed by atoms with Crippen LogP contribution in [-0.2, 0) is 20.5 Å². The Kier molecular flexibility index (Phi) is 3.15. The predicted molar refractivity (Wildman–Crippen MR) is 41.5 cm³/mol. The summed E-state index contributed by atoms with van der Waals surface area (Å²) in [6.07, 6.45) is 0. The van der Waals surface area contributed by atoms with E-state index in [-0.39, 0.29) is 13.2 Å². The maximum atomic E-state index is 11.5. The number of rotatable bonds is 4. The first-order valence-corrected chi connectivity index (χ1v) is 10.5. The van der Waals surface area contributed by atoms with Crippen LogP contribution in [0.3, 0.4) is 0 Å². The average molecular weight is 263 g/mol. The summed E-state index contributed by atoms with van der Waals surface area (Å²) in [7, 11) is 9.97. The minimum absolute atomic E-state index is 0.0278. The number of hydrogen-bond acceptors (Lipinski definition) is 3. The molecular weight excluding hydrogens is 253 g/mol. The molecule has 0 aliphatic carbocycles. The fourth-order valence-electron chi connectivity index (χ4n) is 0.541. The van der Waals surface area contributed by atoms with E-state index in [4.69, 9.17) is 29.5 Å². The van der Waals surface area contributed by atoms with Crippen molar-refractivity contribution in [1.29, 1.82) is 0 Å². The van der Waals surface area contributed by atoms with Crippen LogP contribution < -0.4 is 0 Å². The van der Waals surface area contributed by atoms with Gasteiger partial charge in [-0.25, -0.2) is 0 Å². The molecule has 0 saturated heterocycles. The van der Waals surface area contributed by atoms with Crippen molar-refractivity contribution in [1.82, 2.24) is 0 Å². The Labute approximate surface area is 77.0 Å². The zero-order valence-electron chi connectivity index (χ0n) is 6.22. The van der Waals surface area contributed by atoms with E-state index in [1.54, 1.807) is 13.8 Å². The van der Waals surface area contributed by atoms with Crippen molar-refractivity contribution in [2.75, 3.05) is 13.2 Å². The van der Waals surface area contributed by atoms with Crippen molar-refractivity contribution in [2.24, 2.45) is 0 Å². The molecule has 70 valence electrons. The Hall–Kier alpha value is 1.17. The molecule has 0 amide bonds. The number of hydrogen-bond donors (Lipinski definition) is 0. The Balaban J connectivity index is 4.70. The van der Waals surface area contributed by atoms with E-state index in [2.05, 4.69) is 7.32 Å². The van der Waals surface area contributed by atoms with Gasteiger partial charge in [-0.2, -0.15) is 0 Å². The normalized spacial score (nSPS) is 19.0. The SMILES string of the molecule is CC[O][V](=[O])([Cl])([Cl])([Cl])[O]CC. The molecule has 0 aromatic rings. The van der Waals surface area contributed by atoms with E-state index in [0.717, 1.165) is 0 Å². The molecule has 0 bridgehead atoms. The van der Waals surface area contributed by atoms with Crippen LogP contribution in [0.25, 0.3) is 0 Å². The van der Waals surface area contributed by atoms with Crippen LogP contribution >= 0.6 is 29.5 Å². The van der Waals surface area contributed by atoms with E-state index >= 15 is 0 Å². The second-order valence-electron chi connectivity index (χ2n) is 1.87. The average Bonchev–Trinajstić information content (AvgIpc) is 1.59. The van der Waals surface area contributed by atoms with E-state index in [1.807, 2.05) is 0 Å². The molecule has 0 heterocycles. The van der Waals surface area contributed by atoms with Crippen LogP contribution in [0, 0.1) is 0 Å². The molecule has 0 rings (SSSR count). The Morgan fingerprint density at radius 2 is 1.36 bits per heavy atom. The molecule has 3 nitrogen and oxygen atoms in total. The van der Waals surface area contributed by atoms with Gasteiger partial charge in [-0.15, -0.1) is 0 Å². The molecule has 0 unspecified atom stereocenters. The van der Waals surface area contributed by atoms with Gasteiger partial charge in [0.05, 0.1) is 0 Å². The standard InChI is InChI=1S/2C2H5O.3ClH.O.V/c2*1-2-3;;;;;/h2*2H2,1H3;3*1H;;/q2*-1;;;;;+5/p-3. The van der Waals surface area contributed by atoms with E-state index in [0.29, 0.717) is 0 Å². The van der Waals surface area contributed by atoms with Crippen molar-refractivity contribution >= 4 is 29.5 Å². The van der Waals surface area contributed by atoms with Gasteiger partial charge in [0, 0.05) is 0 Å². The molecule has 7 heteroatoms. The van der Waals surface area contributed by atoms with Crippen LogP contribution in [0.5, 0.6) is 0 Å². The molecule has 0 aromatic carbocycles. The van der Waals surface area contributed by atoms with E-state index < -0.39 is 9.53 Å². The fraction of sp³-hybridized carbons (Fsp3) is 1.00. The van der Waals surface area contributed by atoms with Crippen molar-refractivity contribution in [3.05, 3.63) is 0 Å². The van der Waals surface area contributed by atoms with Gasteiger partial charge in [-0.1, -0.05) is 0 Å². The third kappa shape index (κ3) is 5.42. The second kappa shape index (κ2) is 2.84. The minimum atomic E-state index is -6.10. The van der Waals surface area contributed by atoms with Crippen LogP contribution in [0.4, 0.5) is 0 Å². The summed E-state index contributed by atoms with van der Waals surface area (Å²) < 4.78 is 20.6. The van der Waals surface area contributed by atoms with Gasteiger partial charge in [0.15, 0.2) is 0 Å². The summed E-state index contributed by atoms with van der Waals surface area (Å²) in [4.78, 5) is 0. The van der Waals surface area contributed by atoms with Gasteiger partial charge in [0.1, 0.15) is 0 Å². The molecule has 0 saturated carbocycles. The van der Waals surface area contributed by atoms with Crippen molar-refractivity contribution < 1.29 is 20.5 Å². The van der Waals surface area contributed by atoms with Gasteiger partial charge >= 0.3 is 77.1 Å². The van der Waals surface area contributed by atoms with Crippen LogP contribution in [-0.4, -0.2) is 13.2 Å². The first-order valence-electron chi connectivity index (χ1n) is 3.05. The third-order valence-electron chi connectivity index (χ3n) is 0.762. The zero-order chi connectivity index (χ0) is 9.24. The predicted octanol–water partition coefficient (Wildman–Crippen LogP) is 2.92. The van der Waals surface area contributed by atoms with Gasteiger partial charge < -0.3 is 0 Å². The third-order valence-corrected chi connectivity index (χ3v) is 5.56. The van der Waals surface area contributed by atoms with Crippen LogP contribution in [0.15, 0.2) is 0 Å². The van der Waals surface area contributed by atoms with Crippen molar-refractivity contribution in [3.63, 3.8) is 0 Å². The number of halogens is 3. The Morgan fingerprint density at radius 3 is 1.55 bits per heavy atom. The summed E-state index contributed by atoms with van der Waals surface area (Å²) in [6.45, 7) is 3.18. The molecule has 0 aliphatic rings. The molecule has 0 radical (unpaired) electrons. The van der Waals surface area contributed by atoms with Crippen molar-refractivity contribution in [3.8, 4) is 0 Å². The molecule has 11 heavy (non-hydrogen) atoms. The summed E-state index contributed by atoms with van der Waals surface area (Å²) in [5.41, 5.74) is 0. The molecule has 0 spiro atoms. The molecule has 0 aliphatic heterocycles. The second-order valence-corrected chi connectivity index (χ2v) is 17.4. The molecule has 0 aromatic heterocycles. The zero-order valence-corrected chi connectivity index (χ0v) is 9.88. The molecular formula is C4H10Cl3O3V. The summed E-state index contributed by atoms with van der Waals surface area (Å²) in [6, 6.07) is 0. The van der Waals surface area contributed by atoms with Crippen LogP contribution in [0.1, 0.15) is 13.8 Å².